The second-order valence-electron chi connectivity index (χ2n) is 8.26. The van der Waals surface area contributed by atoms with E-state index in [2.05, 4.69) is 64.5 Å². The van der Waals surface area contributed by atoms with E-state index in [1.54, 1.807) is 7.11 Å². The molecule has 0 bridgehead atoms. The van der Waals surface area contributed by atoms with Crippen LogP contribution in [0.15, 0.2) is 66.7 Å². The van der Waals surface area contributed by atoms with Crippen LogP contribution in [0, 0.1) is 0 Å². The van der Waals surface area contributed by atoms with Gasteiger partial charge >= 0.3 is 0 Å². The van der Waals surface area contributed by atoms with Crippen LogP contribution in [-0.2, 0) is 11.3 Å². The zero-order valence-corrected chi connectivity index (χ0v) is 18.4. The molecule has 0 aromatic heterocycles. The average Bonchev–Trinajstić information content (AvgIpc) is 2.80. The fourth-order valence-electron chi connectivity index (χ4n) is 4.29. The predicted molar refractivity (Wildman–Crippen MR) is 125 cm³/mol. The van der Waals surface area contributed by atoms with Gasteiger partial charge in [0.1, 0.15) is 5.75 Å². The molecule has 31 heavy (non-hydrogen) atoms. The monoisotopic (exact) mass is 417 g/mol. The Bertz CT molecular complexity index is 1010. The minimum absolute atomic E-state index is 0.0186. The number of hydrogen-bond acceptors (Lipinski definition) is 4. The number of benzene rings is 3. The second-order valence-corrected chi connectivity index (χ2v) is 8.26. The van der Waals surface area contributed by atoms with E-state index >= 15 is 0 Å². The Morgan fingerprint density at radius 3 is 2.35 bits per heavy atom. The summed E-state index contributed by atoms with van der Waals surface area (Å²) in [6.45, 7) is 7.20. The smallest absolute Gasteiger partial charge is 0.234 e. The van der Waals surface area contributed by atoms with Crippen molar-refractivity contribution in [1.82, 2.24) is 15.1 Å². The van der Waals surface area contributed by atoms with E-state index in [9.17, 15) is 4.79 Å². The van der Waals surface area contributed by atoms with Crippen molar-refractivity contribution in [3.8, 4) is 5.75 Å². The van der Waals surface area contributed by atoms with E-state index in [0.717, 1.165) is 44.0 Å². The molecule has 5 heteroatoms. The summed E-state index contributed by atoms with van der Waals surface area (Å²) in [4.78, 5) is 17.4. The van der Waals surface area contributed by atoms with Crippen molar-refractivity contribution in [2.45, 2.75) is 19.5 Å². The molecule has 0 saturated carbocycles. The fraction of sp³-hybridized carbons (Fsp3) is 0.346. The van der Waals surface area contributed by atoms with Gasteiger partial charge in [-0.15, -0.1) is 0 Å². The quantitative estimate of drug-likeness (QED) is 0.634. The van der Waals surface area contributed by atoms with E-state index in [1.807, 2.05) is 24.3 Å². The maximum atomic E-state index is 12.7. The molecule has 1 N–H and O–H groups in total. The van der Waals surface area contributed by atoms with Crippen LogP contribution >= 0.6 is 0 Å². The molecule has 0 radical (unpaired) electrons. The van der Waals surface area contributed by atoms with Crippen LogP contribution in [0.5, 0.6) is 5.75 Å². The van der Waals surface area contributed by atoms with Crippen molar-refractivity contribution >= 4 is 16.7 Å². The van der Waals surface area contributed by atoms with Crippen LogP contribution in [0.25, 0.3) is 10.8 Å². The number of nitrogens with one attached hydrogen (secondary N) is 1. The first-order valence-corrected chi connectivity index (χ1v) is 11.0. The molecular weight excluding hydrogens is 386 g/mol. The van der Waals surface area contributed by atoms with Crippen LogP contribution in [0.2, 0.25) is 0 Å². The number of hydrogen-bond donors (Lipinski definition) is 1. The van der Waals surface area contributed by atoms with E-state index in [0.29, 0.717) is 6.54 Å². The maximum Gasteiger partial charge on any atom is 0.234 e. The van der Waals surface area contributed by atoms with Crippen molar-refractivity contribution < 1.29 is 9.53 Å². The van der Waals surface area contributed by atoms with Crippen LogP contribution < -0.4 is 10.1 Å². The molecule has 3 aromatic rings. The minimum atomic E-state index is -0.0186. The summed E-state index contributed by atoms with van der Waals surface area (Å²) in [5.41, 5.74) is 2.45. The molecule has 3 aromatic carbocycles. The van der Waals surface area contributed by atoms with Gasteiger partial charge in [-0.25, -0.2) is 0 Å². The van der Waals surface area contributed by atoms with E-state index in [1.165, 1.54) is 16.3 Å². The molecule has 1 saturated heterocycles. The third-order valence-corrected chi connectivity index (χ3v) is 6.06. The predicted octanol–water partition coefficient (Wildman–Crippen LogP) is 3.84. The van der Waals surface area contributed by atoms with Crippen molar-refractivity contribution in [2.24, 2.45) is 0 Å². The highest BCUT2D eigenvalue weighted by molar-refractivity contribution is 5.87. The number of nitrogens with zero attached hydrogens (tertiary/aromatic N) is 2. The summed E-state index contributed by atoms with van der Waals surface area (Å²) in [5, 5.41) is 5.59. The van der Waals surface area contributed by atoms with Crippen molar-refractivity contribution in [2.75, 3.05) is 39.8 Å². The number of piperazine rings is 1. The molecule has 1 amide bonds. The lowest BCUT2D eigenvalue weighted by Gasteiger charge is -2.34. The number of amides is 1. The lowest BCUT2D eigenvalue weighted by atomic mass is 10.00. The zero-order chi connectivity index (χ0) is 21.6. The highest BCUT2D eigenvalue weighted by Gasteiger charge is 2.20. The van der Waals surface area contributed by atoms with Crippen LogP contribution in [0.4, 0.5) is 0 Å². The SMILES string of the molecule is COc1ccc(CN2CCN(CC(=O)NC(C)c3cccc4ccccc34)CC2)cc1. The highest BCUT2D eigenvalue weighted by atomic mass is 16.5. The molecule has 1 fully saturated rings. The third kappa shape index (κ3) is 5.43. The summed E-state index contributed by atoms with van der Waals surface area (Å²) in [6, 6.07) is 22.8. The Morgan fingerprint density at radius 2 is 1.61 bits per heavy atom. The fourth-order valence-corrected chi connectivity index (χ4v) is 4.29. The minimum Gasteiger partial charge on any atom is -0.497 e. The Balaban J connectivity index is 1.26. The third-order valence-electron chi connectivity index (χ3n) is 6.06. The molecule has 1 heterocycles. The van der Waals surface area contributed by atoms with Crippen molar-refractivity contribution in [3.05, 3.63) is 77.9 Å². The molecule has 1 atom stereocenters. The molecule has 1 aliphatic rings. The number of methoxy groups -OCH3 is 1. The van der Waals surface area contributed by atoms with Gasteiger partial charge in [-0.05, 0) is 41.0 Å². The Labute approximate surface area is 184 Å². The summed E-state index contributed by atoms with van der Waals surface area (Å²) in [7, 11) is 1.69. The molecule has 4 rings (SSSR count). The topological polar surface area (TPSA) is 44.8 Å². The number of fused-ring (bicyclic) bond motifs is 1. The number of rotatable bonds is 7. The first kappa shape index (κ1) is 21.3. The standard InChI is InChI=1S/C26H31N3O2/c1-20(24-9-5-7-22-6-3-4-8-25(22)24)27-26(30)19-29-16-14-28(15-17-29)18-21-10-12-23(31-2)13-11-21/h3-13,20H,14-19H2,1-2H3,(H,27,30). The van der Waals surface area contributed by atoms with Crippen molar-refractivity contribution in [3.63, 3.8) is 0 Å². The molecular formula is C26H31N3O2. The van der Waals surface area contributed by atoms with Gasteiger partial charge in [-0.1, -0.05) is 54.6 Å². The van der Waals surface area contributed by atoms with Gasteiger partial charge in [0.15, 0.2) is 0 Å². The molecule has 1 aliphatic heterocycles. The van der Waals surface area contributed by atoms with Gasteiger partial charge < -0.3 is 10.1 Å². The zero-order valence-electron chi connectivity index (χ0n) is 18.4. The Kier molecular flexibility index (Phi) is 6.85. The van der Waals surface area contributed by atoms with E-state index in [4.69, 9.17) is 4.74 Å². The molecule has 1 unspecified atom stereocenters. The normalized spacial score (nSPS) is 16.2. The number of carbonyl (C=O) groups is 1. The van der Waals surface area contributed by atoms with Gasteiger partial charge in [0, 0.05) is 32.7 Å². The highest BCUT2D eigenvalue weighted by Crippen LogP contribution is 2.24. The number of carbonyl (C=O) groups excluding carboxylic acids is 1. The summed E-state index contributed by atoms with van der Waals surface area (Å²) >= 11 is 0. The maximum absolute atomic E-state index is 12.7. The van der Waals surface area contributed by atoms with Gasteiger partial charge in [0.2, 0.25) is 5.91 Å². The van der Waals surface area contributed by atoms with E-state index < -0.39 is 0 Å². The molecule has 5 nitrogen and oxygen atoms in total. The average molecular weight is 418 g/mol. The lowest BCUT2D eigenvalue weighted by molar-refractivity contribution is -0.123. The Morgan fingerprint density at radius 1 is 0.935 bits per heavy atom. The largest absolute Gasteiger partial charge is 0.497 e. The summed E-state index contributed by atoms with van der Waals surface area (Å²) < 4.78 is 5.23. The number of ether oxygens (including phenoxy) is 1. The van der Waals surface area contributed by atoms with E-state index in [-0.39, 0.29) is 11.9 Å². The van der Waals surface area contributed by atoms with Gasteiger partial charge in [0.05, 0.1) is 19.7 Å². The van der Waals surface area contributed by atoms with Crippen LogP contribution in [0.3, 0.4) is 0 Å². The first-order valence-electron chi connectivity index (χ1n) is 11.0. The lowest BCUT2D eigenvalue weighted by Crippen LogP contribution is -2.49. The first-order chi connectivity index (χ1) is 15.1. The van der Waals surface area contributed by atoms with Crippen molar-refractivity contribution in [1.29, 1.82) is 0 Å². The van der Waals surface area contributed by atoms with Crippen LogP contribution in [0.1, 0.15) is 24.1 Å². The van der Waals surface area contributed by atoms with Crippen LogP contribution in [-0.4, -0.2) is 55.5 Å². The second kappa shape index (κ2) is 9.94. The van der Waals surface area contributed by atoms with Gasteiger partial charge in [-0.2, -0.15) is 0 Å². The molecule has 0 spiro atoms. The molecule has 0 aliphatic carbocycles. The van der Waals surface area contributed by atoms with Gasteiger partial charge in [-0.3, -0.25) is 14.6 Å². The Hall–Kier alpha value is -2.89. The summed E-state index contributed by atoms with van der Waals surface area (Å²) in [5.74, 6) is 0.973. The van der Waals surface area contributed by atoms with Gasteiger partial charge in [0.25, 0.3) is 0 Å². The molecule has 162 valence electrons. The summed E-state index contributed by atoms with van der Waals surface area (Å²) in [6.07, 6.45) is 0.